The fourth-order valence-corrected chi connectivity index (χ4v) is 3.02. The molecular weight excluding hydrogens is 336 g/mol. The van der Waals surface area contributed by atoms with Gasteiger partial charge in [-0.15, -0.1) is 0 Å². The number of carbonyl (C=O) groups excluding carboxylic acids is 1. The molecule has 25 heavy (non-hydrogen) atoms. The topological polar surface area (TPSA) is 41.6 Å². The number of amides is 1. The van der Waals surface area contributed by atoms with Gasteiger partial charge >= 0.3 is 0 Å². The lowest BCUT2D eigenvalue weighted by Crippen LogP contribution is -2.37. The molecule has 0 radical (unpaired) electrons. The van der Waals surface area contributed by atoms with Gasteiger partial charge in [-0.2, -0.15) is 0 Å². The zero-order valence-corrected chi connectivity index (χ0v) is 15.1. The van der Waals surface area contributed by atoms with Crippen LogP contribution in [0.3, 0.4) is 0 Å². The molecule has 0 spiro atoms. The summed E-state index contributed by atoms with van der Waals surface area (Å²) >= 11 is 5.98. The van der Waals surface area contributed by atoms with E-state index in [1.54, 1.807) is 7.11 Å². The Hall–Kier alpha value is -2.04. The summed E-state index contributed by atoms with van der Waals surface area (Å²) in [6.07, 6.45) is 2.33. The van der Waals surface area contributed by atoms with Crippen molar-refractivity contribution in [2.75, 3.05) is 13.7 Å². The zero-order chi connectivity index (χ0) is 17.6. The van der Waals surface area contributed by atoms with Crippen LogP contribution < -0.4 is 10.1 Å². The van der Waals surface area contributed by atoms with Gasteiger partial charge in [0.1, 0.15) is 5.75 Å². The summed E-state index contributed by atoms with van der Waals surface area (Å²) < 4.78 is 5.19. The minimum atomic E-state index is 0.0420. The number of carbonyl (C=O) groups is 1. The SMILES string of the molecule is COc1ccc(CN(CC(=O)NCc2cccc(Cl)c2)C2CC2)cc1. The lowest BCUT2D eigenvalue weighted by Gasteiger charge is -2.21. The second kappa shape index (κ2) is 8.37. The highest BCUT2D eigenvalue weighted by Crippen LogP contribution is 2.28. The van der Waals surface area contributed by atoms with Gasteiger partial charge in [-0.3, -0.25) is 9.69 Å². The molecular formula is C20H23ClN2O2. The van der Waals surface area contributed by atoms with E-state index in [4.69, 9.17) is 16.3 Å². The number of nitrogens with zero attached hydrogens (tertiary/aromatic N) is 1. The maximum Gasteiger partial charge on any atom is 0.234 e. The number of nitrogens with one attached hydrogen (secondary N) is 1. The molecule has 1 N–H and O–H groups in total. The predicted molar refractivity (Wildman–Crippen MR) is 99.7 cm³/mol. The molecule has 2 aromatic carbocycles. The molecule has 0 aliphatic heterocycles. The minimum Gasteiger partial charge on any atom is -0.497 e. The molecule has 0 aromatic heterocycles. The van der Waals surface area contributed by atoms with Crippen molar-refractivity contribution in [3.63, 3.8) is 0 Å². The number of benzene rings is 2. The summed E-state index contributed by atoms with van der Waals surface area (Å²) in [7, 11) is 1.66. The van der Waals surface area contributed by atoms with Gasteiger partial charge in [0.2, 0.25) is 5.91 Å². The third-order valence-electron chi connectivity index (χ3n) is 4.33. The van der Waals surface area contributed by atoms with Gasteiger partial charge < -0.3 is 10.1 Å². The van der Waals surface area contributed by atoms with Gasteiger partial charge in [0.25, 0.3) is 0 Å². The Kier molecular flexibility index (Phi) is 5.95. The summed E-state index contributed by atoms with van der Waals surface area (Å²) in [6.45, 7) is 1.69. The van der Waals surface area contributed by atoms with E-state index in [1.807, 2.05) is 36.4 Å². The fourth-order valence-electron chi connectivity index (χ4n) is 2.81. The Morgan fingerprint density at radius 2 is 1.96 bits per heavy atom. The second-order valence-electron chi connectivity index (χ2n) is 6.39. The van der Waals surface area contributed by atoms with Crippen LogP contribution in [0.15, 0.2) is 48.5 Å². The average molecular weight is 359 g/mol. The summed E-state index contributed by atoms with van der Waals surface area (Å²) in [5.41, 5.74) is 2.20. The number of hydrogen-bond acceptors (Lipinski definition) is 3. The summed E-state index contributed by atoms with van der Waals surface area (Å²) in [4.78, 5) is 14.6. The van der Waals surface area contributed by atoms with Gasteiger partial charge in [-0.25, -0.2) is 0 Å². The predicted octanol–water partition coefficient (Wildman–Crippen LogP) is 3.63. The molecule has 2 aromatic rings. The summed E-state index contributed by atoms with van der Waals surface area (Å²) in [5.74, 6) is 0.890. The first-order valence-electron chi connectivity index (χ1n) is 8.52. The van der Waals surface area contributed by atoms with Crippen molar-refractivity contribution in [3.8, 4) is 5.75 Å². The van der Waals surface area contributed by atoms with Gasteiger partial charge in [0.15, 0.2) is 0 Å². The second-order valence-corrected chi connectivity index (χ2v) is 6.83. The van der Waals surface area contributed by atoms with E-state index in [1.165, 1.54) is 5.56 Å². The largest absolute Gasteiger partial charge is 0.497 e. The highest BCUT2D eigenvalue weighted by atomic mass is 35.5. The van der Waals surface area contributed by atoms with E-state index in [0.717, 1.165) is 30.7 Å². The standard InChI is InChI=1S/C20H23ClN2O2/c1-25-19-9-5-15(6-10-19)13-23(18-7-8-18)14-20(24)22-12-16-3-2-4-17(21)11-16/h2-6,9-11,18H,7-8,12-14H2,1H3,(H,22,24). The molecule has 0 heterocycles. The molecule has 1 amide bonds. The molecule has 0 bridgehead atoms. The summed E-state index contributed by atoms with van der Waals surface area (Å²) in [5, 5.41) is 3.67. The van der Waals surface area contributed by atoms with Crippen LogP contribution in [0.2, 0.25) is 5.02 Å². The minimum absolute atomic E-state index is 0.0420. The number of ether oxygens (including phenoxy) is 1. The lowest BCUT2D eigenvalue weighted by atomic mass is 10.2. The Morgan fingerprint density at radius 1 is 1.20 bits per heavy atom. The third-order valence-corrected chi connectivity index (χ3v) is 4.57. The molecule has 0 saturated heterocycles. The van der Waals surface area contributed by atoms with Gasteiger partial charge in [-0.05, 0) is 48.2 Å². The molecule has 0 unspecified atom stereocenters. The molecule has 0 atom stereocenters. The van der Waals surface area contributed by atoms with Crippen LogP contribution in [-0.2, 0) is 17.9 Å². The van der Waals surface area contributed by atoms with Crippen molar-refractivity contribution in [2.24, 2.45) is 0 Å². The van der Waals surface area contributed by atoms with E-state index < -0.39 is 0 Å². The highest BCUT2D eigenvalue weighted by molar-refractivity contribution is 6.30. The van der Waals surface area contributed by atoms with Crippen LogP contribution in [0.5, 0.6) is 5.75 Å². The van der Waals surface area contributed by atoms with Crippen molar-refractivity contribution in [3.05, 3.63) is 64.7 Å². The maximum atomic E-state index is 12.3. The smallest absolute Gasteiger partial charge is 0.234 e. The molecule has 1 saturated carbocycles. The van der Waals surface area contributed by atoms with Gasteiger partial charge in [-0.1, -0.05) is 35.9 Å². The van der Waals surface area contributed by atoms with Crippen LogP contribution in [0.25, 0.3) is 0 Å². The molecule has 4 nitrogen and oxygen atoms in total. The Bertz CT molecular complexity index is 714. The van der Waals surface area contributed by atoms with Crippen LogP contribution in [0.4, 0.5) is 0 Å². The summed E-state index contributed by atoms with van der Waals surface area (Å²) in [6, 6.07) is 16.1. The molecule has 3 rings (SSSR count). The number of halogens is 1. The van der Waals surface area contributed by atoms with E-state index in [9.17, 15) is 4.79 Å². The number of rotatable bonds is 8. The van der Waals surface area contributed by atoms with Crippen LogP contribution >= 0.6 is 11.6 Å². The van der Waals surface area contributed by atoms with E-state index >= 15 is 0 Å². The molecule has 1 aliphatic rings. The van der Waals surface area contributed by atoms with Crippen molar-refractivity contribution in [2.45, 2.75) is 32.0 Å². The van der Waals surface area contributed by atoms with E-state index in [2.05, 4.69) is 22.3 Å². The molecule has 1 aliphatic carbocycles. The monoisotopic (exact) mass is 358 g/mol. The fraction of sp³-hybridized carbons (Fsp3) is 0.350. The molecule has 132 valence electrons. The number of hydrogen-bond donors (Lipinski definition) is 1. The van der Waals surface area contributed by atoms with Crippen molar-refractivity contribution in [1.29, 1.82) is 0 Å². The third kappa shape index (κ3) is 5.48. The Morgan fingerprint density at radius 3 is 2.60 bits per heavy atom. The first-order chi connectivity index (χ1) is 12.1. The first kappa shape index (κ1) is 17.8. The van der Waals surface area contributed by atoms with E-state index in [-0.39, 0.29) is 5.91 Å². The zero-order valence-electron chi connectivity index (χ0n) is 14.4. The first-order valence-corrected chi connectivity index (χ1v) is 8.90. The van der Waals surface area contributed by atoms with Crippen LogP contribution in [-0.4, -0.2) is 30.5 Å². The van der Waals surface area contributed by atoms with Crippen molar-refractivity contribution >= 4 is 17.5 Å². The van der Waals surface area contributed by atoms with Gasteiger partial charge in [0.05, 0.1) is 13.7 Å². The highest BCUT2D eigenvalue weighted by Gasteiger charge is 2.30. The van der Waals surface area contributed by atoms with Gasteiger partial charge in [0, 0.05) is 24.2 Å². The molecule has 1 fully saturated rings. The van der Waals surface area contributed by atoms with E-state index in [0.29, 0.717) is 24.2 Å². The normalized spacial score (nSPS) is 13.7. The Labute approximate surface area is 153 Å². The maximum absolute atomic E-state index is 12.3. The number of methoxy groups -OCH3 is 1. The van der Waals surface area contributed by atoms with Crippen molar-refractivity contribution in [1.82, 2.24) is 10.2 Å². The quantitative estimate of drug-likeness (QED) is 0.783. The lowest BCUT2D eigenvalue weighted by molar-refractivity contribution is -0.122. The van der Waals surface area contributed by atoms with Crippen LogP contribution in [0.1, 0.15) is 24.0 Å². The average Bonchev–Trinajstić information content (AvgIpc) is 3.45. The van der Waals surface area contributed by atoms with Crippen molar-refractivity contribution < 1.29 is 9.53 Å². The molecule has 5 heteroatoms. The van der Waals surface area contributed by atoms with Crippen LogP contribution in [0, 0.1) is 0 Å². The Balaban J connectivity index is 1.53.